The lowest BCUT2D eigenvalue weighted by molar-refractivity contribution is -0.384. The maximum absolute atomic E-state index is 11.2. The van der Waals surface area contributed by atoms with Crippen LogP contribution in [0.4, 0.5) is 11.4 Å². The maximum atomic E-state index is 11.2. The normalized spacial score (nSPS) is 23.5. The molecule has 1 aliphatic heterocycles. The predicted molar refractivity (Wildman–Crippen MR) is 105 cm³/mol. The third-order valence-electron chi connectivity index (χ3n) is 5.58. The van der Waals surface area contributed by atoms with E-state index in [0.29, 0.717) is 22.8 Å². The highest BCUT2D eigenvalue weighted by Crippen LogP contribution is 2.52. The zero-order chi connectivity index (χ0) is 18.4. The second-order valence-corrected chi connectivity index (χ2v) is 7.81. The Morgan fingerprint density at radius 3 is 2.77 bits per heavy atom. The summed E-state index contributed by atoms with van der Waals surface area (Å²) in [6.45, 7) is 4.37. The zero-order valence-corrected chi connectivity index (χ0v) is 15.5. The number of non-ortho nitro benzene ring substituents is 1. The average molecular weight is 369 g/mol. The molecule has 1 N–H and O–H groups in total. The van der Waals surface area contributed by atoms with Crippen LogP contribution < -0.4 is 5.32 Å². The Morgan fingerprint density at radius 1 is 1.23 bits per heavy atom. The number of rotatable bonds is 3. The molecular weight excluding hydrogens is 348 g/mol. The molecule has 134 valence electrons. The number of halogens is 1. The highest BCUT2D eigenvalue weighted by molar-refractivity contribution is 6.31. The maximum Gasteiger partial charge on any atom is 0.269 e. The van der Waals surface area contributed by atoms with Crippen LogP contribution in [0.25, 0.3) is 0 Å². The van der Waals surface area contributed by atoms with E-state index < -0.39 is 0 Å². The molecule has 4 rings (SSSR count). The Balaban J connectivity index is 1.85. The van der Waals surface area contributed by atoms with Crippen LogP contribution in [0.15, 0.2) is 48.6 Å². The van der Waals surface area contributed by atoms with E-state index in [9.17, 15) is 10.1 Å². The van der Waals surface area contributed by atoms with E-state index in [2.05, 4.69) is 49.5 Å². The van der Waals surface area contributed by atoms with Gasteiger partial charge < -0.3 is 5.32 Å². The largest absolute Gasteiger partial charge is 0.377 e. The molecule has 3 unspecified atom stereocenters. The number of nitrogens with zero attached hydrogens (tertiary/aromatic N) is 1. The van der Waals surface area contributed by atoms with E-state index in [4.69, 9.17) is 11.6 Å². The molecule has 0 aromatic heterocycles. The summed E-state index contributed by atoms with van der Waals surface area (Å²) in [6.07, 6.45) is 5.42. The fraction of sp³-hybridized carbons (Fsp3) is 0.333. The lowest BCUT2D eigenvalue weighted by Gasteiger charge is -2.39. The summed E-state index contributed by atoms with van der Waals surface area (Å²) >= 11 is 6.47. The number of anilines is 1. The molecule has 0 fully saturated rings. The molecule has 0 bridgehead atoms. The van der Waals surface area contributed by atoms with Crippen molar-refractivity contribution in [2.24, 2.45) is 5.92 Å². The number of nitrogens with one attached hydrogen (secondary N) is 1. The Bertz CT molecular complexity index is 907. The summed E-state index contributed by atoms with van der Waals surface area (Å²) in [5, 5.41) is 15.5. The number of fused-ring (bicyclic) bond motifs is 3. The van der Waals surface area contributed by atoms with Crippen LogP contribution in [0.1, 0.15) is 54.8 Å². The molecular formula is C21H21ClN2O2. The van der Waals surface area contributed by atoms with E-state index >= 15 is 0 Å². The van der Waals surface area contributed by atoms with Gasteiger partial charge in [0.05, 0.1) is 11.0 Å². The number of hydrogen-bond acceptors (Lipinski definition) is 3. The van der Waals surface area contributed by atoms with Gasteiger partial charge in [-0.3, -0.25) is 10.1 Å². The van der Waals surface area contributed by atoms with Crippen LogP contribution in [-0.4, -0.2) is 4.92 Å². The highest BCUT2D eigenvalue weighted by Gasteiger charge is 2.39. The first kappa shape index (κ1) is 17.1. The first-order valence-corrected chi connectivity index (χ1v) is 9.35. The Hall–Kier alpha value is -2.33. The Kier molecular flexibility index (Phi) is 4.23. The quantitative estimate of drug-likeness (QED) is 0.398. The number of benzene rings is 2. The van der Waals surface area contributed by atoms with Crippen LogP contribution in [0.5, 0.6) is 0 Å². The van der Waals surface area contributed by atoms with Gasteiger partial charge in [-0.1, -0.05) is 55.8 Å². The number of para-hydroxylation sites is 1. The Morgan fingerprint density at radius 2 is 2.04 bits per heavy atom. The lowest BCUT2D eigenvalue weighted by Crippen LogP contribution is -2.30. The van der Waals surface area contributed by atoms with Crippen molar-refractivity contribution < 1.29 is 4.92 Å². The summed E-state index contributed by atoms with van der Waals surface area (Å²) in [7, 11) is 0. The van der Waals surface area contributed by atoms with Gasteiger partial charge in [-0.2, -0.15) is 0 Å². The van der Waals surface area contributed by atoms with Crippen molar-refractivity contribution in [2.45, 2.75) is 38.1 Å². The molecule has 0 radical (unpaired) electrons. The van der Waals surface area contributed by atoms with Gasteiger partial charge in [0, 0.05) is 34.3 Å². The number of nitro benzene ring substituents is 1. The van der Waals surface area contributed by atoms with Crippen molar-refractivity contribution in [3.05, 3.63) is 80.4 Å². The van der Waals surface area contributed by atoms with E-state index in [1.165, 1.54) is 17.2 Å². The molecule has 1 heterocycles. The van der Waals surface area contributed by atoms with Crippen molar-refractivity contribution in [2.75, 3.05) is 5.32 Å². The third kappa shape index (κ3) is 2.69. The van der Waals surface area contributed by atoms with Gasteiger partial charge in [-0.15, -0.1) is 0 Å². The molecule has 1 aliphatic carbocycles. The van der Waals surface area contributed by atoms with Crippen LogP contribution in [0.3, 0.4) is 0 Å². The fourth-order valence-electron chi connectivity index (χ4n) is 4.32. The standard InChI is InChI=1S/C21H21ClN2O2/c1-12(2)14-5-3-7-16-15-6-4-8-17(15)21(23-20(14)16)18-11-13(24(25)26)9-10-19(18)22/h3-7,9-12,15,17,21,23H,8H2,1-2H3. The van der Waals surface area contributed by atoms with Crippen LogP contribution in [0.2, 0.25) is 5.02 Å². The SMILES string of the molecule is CC(C)c1cccc2c1NC(c1cc([N+](=O)[O-])ccc1Cl)C1CC=CC21. The first-order chi connectivity index (χ1) is 12.5. The highest BCUT2D eigenvalue weighted by atomic mass is 35.5. The molecule has 0 saturated heterocycles. The molecule has 2 aliphatic rings. The van der Waals surface area contributed by atoms with Crippen LogP contribution >= 0.6 is 11.6 Å². The molecule has 3 atom stereocenters. The molecule has 5 heteroatoms. The van der Waals surface area contributed by atoms with Crippen LogP contribution in [-0.2, 0) is 0 Å². The van der Waals surface area contributed by atoms with Crippen molar-refractivity contribution in [3.63, 3.8) is 0 Å². The van der Waals surface area contributed by atoms with Crippen molar-refractivity contribution in [1.29, 1.82) is 0 Å². The fourth-order valence-corrected chi connectivity index (χ4v) is 4.55. The van der Waals surface area contributed by atoms with E-state index in [0.717, 1.165) is 17.7 Å². The topological polar surface area (TPSA) is 55.2 Å². The van der Waals surface area contributed by atoms with Crippen molar-refractivity contribution in [3.8, 4) is 0 Å². The average Bonchev–Trinajstić information content (AvgIpc) is 3.10. The lowest BCUT2D eigenvalue weighted by atomic mass is 9.75. The summed E-state index contributed by atoms with van der Waals surface area (Å²) in [5.41, 5.74) is 4.63. The van der Waals surface area contributed by atoms with Crippen molar-refractivity contribution in [1.82, 2.24) is 0 Å². The monoisotopic (exact) mass is 368 g/mol. The second-order valence-electron chi connectivity index (χ2n) is 7.40. The van der Waals surface area contributed by atoms with Gasteiger partial charge in [0.15, 0.2) is 0 Å². The number of allylic oxidation sites excluding steroid dienone is 2. The molecule has 0 amide bonds. The minimum Gasteiger partial charge on any atom is -0.377 e. The molecule has 26 heavy (non-hydrogen) atoms. The van der Waals surface area contributed by atoms with E-state index in [-0.39, 0.29) is 16.7 Å². The molecule has 4 nitrogen and oxygen atoms in total. The van der Waals surface area contributed by atoms with Gasteiger partial charge in [-0.25, -0.2) is 0 Å². The minimum absolute atomic E-state index is 0.0465. The van der Waals surface area contributed by atoms with Gasteiger partial charge in [0.2, 0.25) is 0 Å². The molecule has 2 aromatic carbocycles. The van der Waals surface area contributed by atoms with Gasteiger partial charge in [-0.05, 0) is 35.4 Å². The summed E-state index contributed by atoms with van der Waals surface area (Å²) < 4.78 is 0. The first-order valence-electron chi connectivity index (χ1n) is 8.97. The zero-order valence-electron chi connectivity index (χ0n) is 14.8. The number of hydrogen-bond donors (Lipinski definition) is 1. The minimum atomic E-state index is -0.361. The Labute approximate surface area is 158 Å². The molecule has 0 spiro atoms. The molecule has 0 saturated carbocycles. The van der Waals surface area contributed by atoms with E-state index in [1.54, 1.807) is 12.1 Å². The summed E-state index contributed by atoms with van der Waals surface area (Å²) in [4.78, 5) is 10.9. The van der Waals surface area contributed by atoms with Crippen LogP contribution in [0, 0.1) is 16.0 Å². The summed E-state index contributed by atoms with van der Waals surface area (Å²) in [6, 6.07) is 11.1. The number of nitro groups is 1. The van der Waals surface area contributed by atoms with Gasteiger partial charge >= 0.3 is 0 Å². The third-order valence-corrected chi connectivity index (χ3v) is 5.92. The van der Waals surface area contributed by atoms with Gasteiger partial charge in [0.1, 0.15) is 0 Å². The van der Waals surface area contributed by atoms with Crippen molar-refractivity contribution >= 4 is 23.0 Å². The summed E-state index contributed by atoms with van der Waals surface area (Å²) in [5.74, 6) is 1.01. The predicted octanol–water partition coefficient (Wildman–Crippen LogP) is 6.20. The second kappa shape index (κ2) is 6.44. The van der Waals surface area contributed by atoms with E-state index in [1.807, 2.05) is 0 Å². The molecule has 2 aromatic rings. The smallest absolute Gasteiger partial charge is 0.269 e. The van der Waals surface area contributed by atoms with Gasteiger partial charge in [0.25, 0.3) is 5.69 Å².